The van der Waals surface area contributed by atoms with Crippen molar-refractivity contribution in [1.82, 2.24) is 0 Å². The standard InChI is InChI=1S/C13H18O2/c1-3-5-11-6-8-13(9-7-11)15-10-12(14)4-2/h6-9H,3-5,10H2,1-2H3. The van der Waals surface area contributed by atoms with Crippen molar-refractivity contribution >= 4 is 5.78 Å². The highest BCUT2D eigenvalue weighted by Gasteiger charge is 1.99. The van der Waals surface area contributed by atoms with Crippen LogP contribution in [0.25, 0.3) is 0 Å². The van der Waals surface area contributed by atoms with E-state index < -0.39 is 0 Å². The number of benzene rings is 1. The Hall–Kier alpha value is -1.31. The second kappa shape index (κ2) is 6.23. The molecule has 2 nitrogen and oxygen atoms in total. The second-order valence-electron chi connectivity index (χ2n) is 3.57. The Kier molecular flexibility index (Phi) is 4.88. The van der Waals surface area contributed by atoms with Gasteiger partial charge in [0.25, 0.3) is 0 Å². The van der Waals surface area contributed by atoms with Gasteiger partial charge in [-0.3, -0.25) is 4.79 Å². The van der Waals surface area contributed by atoms with E-state index in [1.54, 1.807) is 0 Å². The highest BCUT2D eigenvalue weighted by atomic mass is 16.5. The molecule has 0 aliphatic heterocycles. The third-order valence-electron chi connectivity index (χ3n) is 2.26. The van der Waals surface area contributed by atoms with Crippen LogP contribution in [0, 0.1) is 0 Å². The molecule has 0 heterocycles. The van der Waals surface area contributed by atoms with Crippen molar-refractivity contribution < 1.29 is 9.53 Å². The van der Waals surface area contributed by atoms with Gasteiger partial charge in [-0.25, -0.2) is 0 Å². The van der Waals surface area contributed by atoms with Crippen LogP contribution in [0.4, 0.5) is 0 Å². The lowest BCUT2D eigenvalue weighted by Crippen LogP contribution is -2.09. The fourth-order valence-corrected chi connectivity index (χ4v) is 1.31. The maximum Gasteiger partial charge on any atom is 0.169 e. The Balaban J connectivity index is 2.45. The molecule has 1 aromatic carbocycles. The fraction of sp³-hybridized carbons (Fsp3) is 0.462. The number of rotatable bonds is 6. The smallest absolute Gasteiger partial charge is 0.169 e. The number of ketones is 1. The van der Waals surface area contributed by atoms with Gasteiger partial charge in [0.05, 0.1) is 0 Å². The van der Waals surface area contributed by atoms with Crippen LogP contribution in [0.3, 0.4) is 0 Å². The van der Waals surface area contributed by atoms with Gasteiger partial charge in [0.15, 0.2) is 5.78 Å². The number of ether oxygens (including phenoxy) is 1. The lowest BCUT2D eigenvalue weighted by atomic mass is 10.1. The molecule has 0 amide bonds. The SMILES string of the molecule is CCCc1ccc(OCC(=O)CC)cc1. The average Bonchev–Trinajstić information content (AvgIpc) is 2.28. The van der Waals surface area contributed by atoms with Crippen molar-refractivity contribution in [2.75, 3.05) is 6.61 Å². The van der Waals surface area contributed by atoms with Gasteiger partial charge in [0.1, 0.15) is 12.4 Å². The molecule has 0 spiro atoms. The quantitative estimate of drug-likeness (QED) is 0.715. The number of aryl methyl sites for hydroxylation is 1. The van der Waals surface area contributed by atoms with E-state index in [4.69, 9.17) is 4.74 Å². The minimum absolute atomic E-state index is 0.132. The summed E-state index contributed by atoms with van der Waals surface area (Å²) >= 11 is 0. The van der Waals surface area contributed by atoms with Crippen molar-refractivity contribution in [1.29, 1.82) is 0 Å². The Labute approximate surface area is 91.3 Å². The Morgan fingerprint density at radius 2 is 1.87 bits per heavy atom. The third kappa shape index (κ3) is 4.15. The maximum absolute atomic E-state index is 11.0. The predicted octanol–water partition coefficient (Wildman–Crippen LogP) is 3.00. The van der Waals surface area contributed by atoms with Crippen molar-refractivity contribution in [2.24, 2.45) is 0 Å². The summed E-state index contributed by atoms with van der Waals surface area (Å²) in [4.78, 5) is 11.0. The predicted molar refractivity (Wildman–Crippen MR) is 61.2 cm³/mol. The van der Waals surface area contributed by atoms with Gasteiger partial charge in [-0.2, -0.15) is 0 Å². The largest absolute Gasteiger partial charge is 0.486 e. The topological polar surface area (TPSA) is 26.3 Å². The maximum atomic E-state index is 11.0. The van der Waals surface area contributed by atoms with Crippen LogP contribution < -0.4 is 4.74 Å². The van der Waals surface area contributed by atoms with Crippen molar-refractivity contribution in [3.05, 3.63) is 29.8 Å². The summed E-state index contributed by atoms with van der Waals surface area (Å²) < 4.78 is 5.34. The van der Waals surface area contributed by atoms with Crippen LogP contribution in [0.2, 0.25) is 0 Å². The Morgan fingerprint density at radius 3 is 2.40 bits per heavy atom. The third-order valence-corrected chi connectivity index (χ3v) is 2.26. The number of hydrogen-bond acceptors (Lipinski definition) is 2. The minimum Gasteiger partial charge on any atom is -0.486 e. The number of carbonyl (C=O) groups is 1. The molecule has 0 radical (unpaired) electrons. The normalized spacial score (nSPS) is 10.0. The Bertz CT molecular complexity index is 301. The zero-order chi connectivity index (χ0) is 11.1. The molecule has 1 rings (SSSR count). The first kappa shape index (κ1) is 11.8. The molecule has 0 aliphatic carbocycles. The van der Waals surface area contributed by atoms with E-state index in [1.165, 1.54) is 5.56 Å². The number of Topliss-reactive ketones (excluding diaryl/α,β-unsaturated/α-hetero) is 1. The highest BCUT2D eigenvalue weighted by Crippen LogP contribution is 2.13. The van der Waals surface area contributed by atoms with Crippen LogP contribution in [-0.4, -0.2) is 12.4 Å². The van der Waals surface area contributed by atoms with Crippen molar-refractivity contribution in [3.63, 3.8) is 0 Å². The first-order chi connectivity index (χ1) is 7.26. The molecular formula is C13H18O2. The van der Waals surface area contributed by atoms with E-state index in [9.17, 15) is 4.79 Å². The first-order valence-electron chi connectivity index (χ1n) is 5.49. The van der Waals surface area contributed by atoms with Gasteiger partial charge < -0.3 is 4.74 Å². The molecule has 0 bridgehead atoms. The van der Waals surface area contributed by atoms with E-state index in [-0.39, 0.29) is 12.4 Å². The minimum atomic E-state index is 0.132. The Morgan fingerprint density at radius 1 is 1.20 bits per heavy atom. The summed E-state index contributed by atoms with van der Waals surface area (Å²) in [7, 11) is 0. The molecule has 2 heteroatoms. The summed E-state index contributed by atoms with van der Waals surface area (Å²) in [5.41, 5.74) is 1.31. The first-order valence-corrected chi connectivity index (χ1v) is 5.49. The van der Waals surface area contributed by atoms with Crippen molar-refractivity contribution in [2.45, 2.75) is 33.1 Å². The molecule has 0 saturated carbocycles. The molecule has 82 valence electrons. The summed E-state index contributed by atoms with van der Waals surface area (Å²) in [5.74, 6) is 0.907. The molecular weight excluding hydrogens is 188 g/mol. The monoisotopic (exact) mass is 206 g/mol. The summed E-state index contributed by atoms with van der Waals surface area (Å²) in [6.45, 7) is 4.18. The van der Waals surface area contributed by atoms with Crippen LogP contribution in [0.1, 0.15) is 32.3 Å². The van der Waals surface area contributed by atoms with Crippen LogP contribution in [0.15, 0.2) is 24.3 Å². The van der Waals surface area contributed by atoms with Gasteiger partial charge in [-0.15, -0.1) is 0 Å². The van der Waals surface area contributed by atoms with E-state index in [0.29, 0.717) is 6.42 Å². The van der Waals surface area contributed by atoms with Gasteiger partial charge in [-0.1, -0.05) is 32.4 Å². The fourth-order valence-electron chi connectivity index (χ4n) is 1.31. The van der Waals surface area contributed by atoms with Crippen LogP contribution >= 0.6 is 0 Å². The lowest BCUT2D eigenvalue weighted by Gasteiger charge is -2.05. The van der Waals surface area contributed by atoms with Crippen LogP contribution in [0.5, 0.6) is 5.75 Å². The highest BCUT2D eigenvalue weighted by molar-refractivity contribution is 5.79. The molecule has 0 N–H and O–H groups in total. The number of carbonyl (C=O) groups excluding carboxylic acids is 1. The van der Waals surface area contributed by atoms with E-state index >= 15 is 0 Å². The lowest BCUT2D eigenvalue weighted by molar-refractivity contribution is -0.120. The molecule has 0 aromatic heterocycles. The zero-order valence-electron chi connectivity index (χ0n) is 9.45. The number of hydrogen-bond donors (Lipinski definition) is 0. The summed E-state index contributed by atoms with van der Waals surface area (Å²) in [6.07, 6.45) is 2.77. The molecule has 15 heavy (non-hydrogen) atoms. The molecule has 0 saturated heterocycles. The van der Waals surface area contributed by atoms with Gasteiger partial charge >= 0.3 is 0 Å². The van der Waals surface area contributed by atoms with E-state index in [2.05, 4.69) is 19.1 Å². The molecule has 0 fully saturated rings. The zero-order valence-corrected chi connectivity index (χ0v) is 9.45. The van der Waals surface area contributed by atoms with E-state index in [0.717, 1.165) is 18.6 Å². The molecule has 0 aliphatic rings. The van der Waals surface area contributed by atoms with E-state index in [1.807, 2.05) is 19.1 Å². The van der Waals surface area contributed by atoms with Crippen LogP contribution in [-0.2, 0) is 11.2 Å². The van der Waals surface area contributed by atoms with Gasteiger partial charge in [0.2, 0.25) is 0 Å². The second-order valence-corrected chi connectivity index (χ2v) is 3.57. The van der Waals surface area contributed by atoms with Gasteiger partial charge in [0, 0.05) is 6.42 Å². The van der Waals surface area contributed by atoms with Gasteiger partial charge in [-0.05, 0) is 24.1 Å². The average molecular weight is 206 g/mol. The summed E-state index contributed by atoms with van der Waals surface area (Å²) in [5, 5.41) is 0. The molecule has 0 atom stereocenters. The molecule has 0 unspecified atom stereocenters. The summed E-state index contributed by atoms with van der Waals surface area (Å²) in [6, 6.07) is 7.95. The van der Waals surface area contributed by atoms with Crippen molar-refractivity contribution in [3.8, 4) is 5.75 Å². The molecule has 1 aromatic rings.